The lowest BCUT2D eigenvalue weighted by Crippen LogP contribution is -2.29. The van der Waals surface area contributed by atoms with Crippen LogP contribution in [0.4, 0.5) is 4.39 Å². The minimum Gasteiger partial charge on any atom is -0.454 e. The molecule has 34 heavy (non-hydrogen) atoms. The van der Waals surface area contributed by atoms with Crippen molar-refractivity contribution in [1.29, 1.82) is 0 Å². The van der Waals surface area contributed by atoms with E-state index in [1.54, 1.807) is 30.3 Å². The third kappa shape index (κ3) is 3.23. The van der Waals surface area contributed by atoms with E-state index < -0.39 is 23.2 Å². The summed E-state index contributed by atoms with van der Waals surface area (Å²) >= 11 is 12.4. The SMILES string of the molecule is O=C1c2oc3ccc(F)cc3c(=O)c2[C@@H](c2ccc(Cl)c(Cl)c2)N1Cc1ccc2c(c1)OCO2. The third-order valence-corrected chi connectivity index (χ3v) is 6.72. The highest BCUT2D eigenvalue weighted by atomic mass is 35.5. The zero-order valence-electron chi connectivity index (χ0n) is 17.3. The number of carbonyl (C=O) groups is 1. The van der Waals surface area contributed by atoms with Crippen LogP contribution in [0.1, 0.15) is 33.3 Å². The smallest absolute Gasteiger partial charge is 0.291 e. The second kappa shape index (κ2) is 7.75. The van der Waals surface area contributed by atoms with Gasteiger partial charge in [-0.1, -0.05) is 35.3 Å². The van der Waals surface area contributed by atoms with Crippen molar-refractivity contribution in [3.05, 3.63) is 103 Å². The summed E-state index contributed by atoms with van der Waals surface area (Å²) in [5.41, 5.74) is 1.12. The van der Waals surface area contributed by atoms with Crippen LogP contribution in [0.25, 0.3) is 11.0 Å². The molecule has 2 aliphatic heterocycles. The summed E-state index contributed by atoms with van der Waals surface area (Å²) in [5.74, 6) is 0.0643. The fourth-order valence-corrected chi connectivity index (χ4v) is 4.73. The molecule has 0 spiro atoms. The number of hydrogen-bond acceptors (Lipinski definition) is 5. The number of carbonyl (C=O) groups excluding carboxylic acids is 1. The van der Waals surface area contributed by atoms with E-state index >= 15 is 0 Å². The Labute approximate surface area is 202 Å². The molecular formula is C25H14Cl2FNO5. The van der Waals surface area contributed by atoms with E-state index in [9.17, 15) is 14.0 Å². The van der Waals surface area contributed by atoms with Gasteiger partial charge >= 0.3 is 0 Å². The summed E-state index contributed by atoms with van der Waals surface area (Å²) in [6.07, 6.45) is 0. The van der Waals surface area contributed by atoms with Gasteiger partial charge in [-0.15, -0.1) is 0 Å². The van der Waals surface area contributed by atoms with E-state index in [4.69, 9.17) is 37.1 Å². The molecule has 6 nitrogen and oxygen atoms in total. The molecule has 0 bridgehead atoms. The zero-order valence-corrected chi connectivity index (χ0v) is 18.8. The average molecular weight is 498 g/mol. The number of hydrogen-bond donors (Lipinski definition) is 0. The number of rotatable bonds is 3. The maximum absolute atomic E-state index is 13.9. The van der Waals surface area contributed by atoms with Gasteiger partial charge in [0.05, 0.1) is 27.0 Å². The van der Waals surface area contributed by atoms with Crippen LogP contribution in [0.2, 0.25) is 10.0 Å². The van der Waals surface area contributed by atoms with E-state index in [0.717, 1.165) is 11.6 Å². The lowest BCUT2D eigenvalue weighted by atomic mass is 9.98. The topological polar surface area (TPSA) is 69.0 Å². The van der Waals surface area contributed by atoms with Gasteiger partial charge in [-0.2, -0.15) is 0 Å². The standard InChI is InChI=1S/C25H14Cl2FNO5/c26-16-4-2-13(8-17(16)27)22-21-23(30)15-9-14(28)3-6-18(15)34-24(21)25(31)29(22)10-12-1-5-19-20(7-12)33-11-32-19/h1-9,22H,10-11H2/t22-/m1/s1. The van der Waals surface area contributed by atoms with Gasteiger partial charge in [0.25, 0.3) is 5.91 Å². The number of halogens is 3. The lowest BCUT2D eigenvalue weighted by Gasteiger charge is -2.25. The van der Waals surface area contributed by atoms with Crippen LogP contribution in [-0.4, -0.2) is 17.6 Å². The van der Waals surface area contributed by atoms with Gasteiger partial charge in [0.2, 0.25) is 12.6 Å². The largest absolute Gasteiger partial charge is 0.454 e. The van der Waals surface area contributed by atoms with E-state index in [2.05, 4.69) is 0 Å². The van der Waals surface area contributed by atoms with E-state index in [1.807, 2.05) is 6.07 Å². The van der Waals surface area contributed by atoms with Crippen molar-refractivity contribution >= 4 is 40.1 Å². The highest BCUT2D eigenvalue weighted by Gasteiger charge is 2.43. The minimum atomic E-state index is -0.813. The summed E-state index contributed by atoms with van der Waals surface area (Å²) in [5, 5.41) is 0.672. The maximum atomic E-state index is 13.9. The highest BCUT2D eigenvalue weighted by Crippen LogP contribution is 2.41. The zero-order chi connectivity index (χ0) is 23.6. The summed E-state index contributed by atoms with van der Waals surface area (Å²) < 4.78 is 30.6. The van der Waals surface area contributed by atoms with Crippen molar-refractivity contribution in [3.63, 3.8) is 0 Å². The summed E-state index contributed by atoms with van der Waals surface area (Å²) in [4.78, 5) is 28.6. The van der Waals surface area contributed by atoms with Crippen molar-refractivity contribution in [2.24, 2.45) is 0 Å². The molecule has 1 atom stereocenters. The molecule has 1 amide bonds. The Hall–Kier alpha value is -3.55. The average Bonchev–Trinajstić information content (AvgIpc) is 3.39. The second-order valence-corrected chi connectivity index (χ2v) is 8.83. The molecule has 4 aromatic rings. The number of ether oxygens (including phenoxy) is 2. The van der Waals surface area contributed by atoms with Crippen LogP contribution in [0.15, 0.2) is 63.8 Å². The Kier molecular flexibility index (Phi) is 4.79. The quantitative estimate of drug-likeness (QED) is 0.362. The normalized spacial score (nSPS) is 16.4. The lowest BCUT2D eigenvalue weighted by molar-refractivity contribution is 0.0714. The van der Waals surface area contributed by atoms with Gasteiger partial charge in [-0.25, -0.2) is 4.39 Å². The molecule has 3 heterocycles. The Morgan fingerprint density at radius 3 is 2.59 bits per heavy atom. The van der Waals surface area contributed by atoms with Crippen molar-refractivity contribution in [3.8, 4) is 11.5 Å². The Morgan fingerprint density at radius 2 is 1.76 bits per heavy atom. The molecule has 0 saturated heterocycles. The fraction of sp³-hybridized carbons (Fsp3) is 0.120. The molecule has 9 heteroatoms. The highest BCUT2D eigenvalue weighted by molar-refractivity contribution is 6.42. The number of amides is 1. The van der Waals surface area contributed by atoms with Crippen molar-refractivity contribution in [2.45, 2.75) is 12.6 Å². The Balaban J connectivity index is 1.54. The van der Waals surface area contributed by atoms with Crippen LogP contribution >= 0.6 is 23.2 Å². The molecule has 170 valence electrons. The first kappa shape index (κ1) is 21.0. The van der Waals surface area contributed by atoms with Crippen LogP contribution in [-0.2, 0) is 6.54 Å². The first-order chi connectivity index (χ1) is 16.4. The van der Waals surface area contributed by atoms with Crippen molar-refractivity contribution in [2.75, 3.05) is 6.79 Å². The molecule has 6 rings (SSSR count). The van der Waals surface area contributed by atoms with Gasteiger partial charge in [0, 0.05) is 6.54 Å². The summed E-state index contributed by atoms with van der Waals surface area (Å²) in [6, 6.07) is 13.1. The first-order valence-electron chi connectivity index (χ1n) is 10.3. The van der Waals surface area contributed by atoms with Crippen molar-refractivity contribution < 1.29 is 23.1 Å². The minimum absolute atomic E-state index is 0.0570. The van der Waals surface area contributed by atoms with E-state index in [-0.39, 0.29) is 40.7 Å². The van der Waals surface area contributed by atoms with Crippen LogP contribution < -0.4 is 14.9 Å². The molecule has 0 unspecified atom stereocenters. The first-order valence-corrected chi connectivity index (χ1v) is 11.1. The molecule has 0 radical (unpaired) electrons. The van der Waals surface area contributed by atoms with Gasteiger partial charge in [0.1, 0.15) is 11.4 Å². The number of nitrogens with zero attached hydrogens (tertiary/aromatic N) is 1. The maximum Gasteiger partial charge on any atom is 0.291 e. The van der Waals surface area contributed by atoms with E-state index in [0.29, 0.717) is 22.1 Å². The van der Waals surface area contributed by atoms with Crippen LogP contribution in [0.5, 0.6) is 11.5 Å². The molecule has 0 N–H and O–H groups in total. The fourth-order valence-electron chi connectivity index (χ4n) is 4.42. The number of fused-ring (bicyclic) bond motifs is 3. The monoisotopic (exact) mass is 497 g/mol. The number of benzene rings is 3. The van der Waals surface area contributed by atoms with E-state index in [1.165, 1.54) is 17.0 Å². The molecule has 1 aromatic heterocycles. The van der Waals surface area contributed by atoms with Crippen molar-refractivity contribution in [1.82, 2.24) is 4.90 Å². The predicted octanol–water partition coefficient (Wildman–Crippen LogP) is 5.71. The van der Waals surface area contributed by atoms with Gasteiger partial charge in [0.15, 0.2) is 16.9 Å². The summed E-state index contributed by atoms with van der Waals surface area (Å²) in [7, 11) is 0. The predicted molar refractivity (Wildman–Crippen MR) is 123 cm³/mol. The second-order valence-electron chi connectivity index (χ2n) is 8.01. The van der Waals surface area contributed by atoms with Gasteiger partial charge in [-0.3, -0.25) is 9.59 Å². The van der Waals surface area contributed by atoms with Crippen LogP contribution in [0.3, 0.4) is 0 Å². The molecule has 0 saturated carbocycles. The molecular weight excluding hydrogens is 484 g/mol. The molecule has 3 aromatic carbocycles. The third-order valence-electron chi connectivity index (χ3n) is 5.98. The van der Waals surface area contributed by atoms with Gasteiger partial charge < -0.3 is 18.8 Å². The van der Waals surface area contributed by atoms with Gasteiger partial charge in [-0.05, 0) is 53.6 Å². The molecule has 2 aliphatic rings. The molecule has 0 fully saturated rings. The Bertz CT molecular complexity index is 1570. The molecule has 0 aliphatic carbocycles. The summed E-state index contributed by atoms with van der Waals surface area (Å²) in [6.45, 7) is 0.273. The Morgan fingerprint density at radius 1 is 0.941 bits per heavy atom. The van der Waals surface area contributed by atoms with Crippen LogP contribution in [0, 0.1) is 5.82 Å².